The van der Waals surface area contributed by atoms with Crippen LogP contribution in [0, 0.1) is 5.82 Å². The number of rotatable bonds is 6. The quantitative estimate of drug-likeness (QED) is 0.769. The molecule has 0 radical (unpaired) electrons. The second-order valence-electron chi connectivity index (χ2n) is 6.49. The Morgan fingerprint density at radius 3 is 2.63 bits per heavy atom. The number of hydrogen-bond donors (Lipinski definition) is 0. The van der Waals surface area contributed by atoms with Gasteiger partial charge in [0.05, 0.1) is 20.3 Å². The van der Waals surface area contributed by atoms with Crippen molar-refractivity contribution in [1.29, 1.82) is 0 Å². The van der Waals surface area contributed by atoms with Gasteiger partial charge in [0, 0.05) is 12.1 Å². The zero-order valence-corrected chi connectivity index (χ0v) is 15.8. The van der Waals surface area contributed by atoms with E-state index in [-0.39, 0.29) is 17.7 Å². The van der Waals surface area contributed by atoms with E-state index >= 15 is 0 Å². The van der Waals surface area contributed by atoms with Crippen molar-refractivity contribution in [2.45, 2.75) is 31.9 Å². The molecule has 0 saturated carbocycles. The Kier molecular flexibility index (Phi) is 5.84. The van der Waals surface area contributed by atoms with Crippen LogP contribution >= 0.6 is 0 Å². The van der Waals surface area contributed by atoms with E-state index in [1.54, 1.807) is 38.2 Å². The number of benzene rings is 2. The van der Waals surface area contributed by atoms with E-state index < -0.39 is 11.9 Å². The molecule has 0 spiro atoms. The molecule has 2 aromatic carbocycles. The maximum Gasteiger partial charge on any atom is 0.263 e. The fourth-order valence-corrected chi connectivity index (χ4v) is 3.47. The average Bonchev–Trinajstić information content (AvgIpc) is 3.18. The van der Waals surface area contributed by atoms with Crippen molar-refractivity contribution in [2.75, 3.05) is 20.8 Å². The molecule has 0 aliphatic carbocycles. The summed E-state index contributed by atoms with van der Waals surface area (Å²) >= 11 is 0. The molecule has 2 atom stereocenters. The van der Waals surface area contributed by atoms with E-state index in [1.165, 1.54) is 12.1 Å². The number of ether oxygens (including phenoxy) is 3. The summed E-state index contributed by atoms with van der Waals surface area (Å²) in [5.74, 6) is 0.840. The third kappa shape index (κ3) is 3.99. The molecule has 6 heteroatoms. The zero-order chi connectivity index (χ0) is 19.4. The summed E-state index contributed by atoms with van der Waals surface area (Å²) < 4.78 is 30.2. The number of nitrogens with zero attached hydrogens (tertiary/aromatic N) is 1. The van der Waals surface area contributed by atoms with Crippen LogP contribution in [0.5, 0.6) is 17.2 Å². The molecule has 1 fully saturated rings. The van der Waals surface area contributed by atoms with Crippen molar-refractivity contribution in [3.8, 4) is 17.2 Å². The van der Waals surface area contributed by atoms with Crippen molar-refractivity contribution in [1.82, 2.24) is 4.90 Å². The van der Waals surface area contributed by atoms with Crippen LogP contribution in [0.4, 0.5) is 4.39 Å². The molecule has 1 heterocycles. The van der Waals surface area contributed by atoms with Gasteiger partial charge in [-0.05, 0) is 50.1 Å². The van der Waals surface area contributed by atoms with Crippen molar-refractivity contribution < 1.29 is 23.4 Å². The van der Waals surface area contributed by atoms with Crippen molar-refractivity contribution >= 4 is 5.91 Å². The molecule has 3 rings (SSSR count). The lowest BCUT2D eigenvalue weighted by molar-refractivity contribution is -0.139. The van der Waals surface area contributed by atoms with Crippen LogP contribution in [-0.2, 0) is 4.79 Å². The summed E-state index contributed by atoms with van der Waals surface area (Å²) in [6.45, 7) is 2.27. The largest absolute Gasteiger partial charge is 0.497 e. The number of carbonyl (C=O) groups is 1. The molecule has 27 heavy (non-hydrogen) atoms. The first kappa shape index (κ1) is 19.0. The minimum Gasteiger partial charge on any atom is -0.497 e. The minimum absolute atomic E-state index is 0.0769. The molecule has 1 aliphatic rings. The Labute approximate surface area is 158 Å². The van der Waals surface area contributed by atoms with Crippen LogP contribution in [0.2, 0.25) is 0 Å². The lowest BCUT2D eigenvalue weighted by Crippen LogP contribution is -2.40. The summed E-state index contributed by atoms with van der Waals surface area (Å²) in [6, 6.07) is 11.5. The highest BCUT2D eigenvalue weighted by molar-refractivity contribution is 5.81. The molecule has 0 N–H and O–H groups in total. The standard InChI is InChI=1S/C21H24FNO4/c1-14(27-20-9-5-4-7-17(20)22)21(24)23-12-6-8-18(23)16-13-15(25-2)10-11-19(16)26-3/h4-5,7,9-11,13-14,18H,6,8,12H2,1-3H3/t14-,18-/m1/s1. The minimum atomic E-state index is -0.792. The normalized spacial score (nSPS) is 17.5. The fraction of sp³-hybridized carbons (Fsp3) is 0.381. The summed E-state index contributed by atoms with van der Waals surface area (Å²) in [6.07, 6.45) is 0.907. The number of amides is 1. The topological polar surface area (TPSA) is 48.0 Å². The molecular formula is C21H24FNO4. The van der Waals surface area contributed by atoms with Crippen LogP contribution in [0.15, 0.2) is 42.5 Å². The Bertz CT molecular complexity index is 811. The van der Waals surface area contributed by atoms with Crippen molar-refractivity contribution in [3.05, 3.63) is 53.8 Å². The van der Waals surface area contributed by atoms with Crippen molar-refractivity contribution in [2.24, 2.45) is 0 Å². The Hall–Kier alpha value is -2.76. The van der Waals surface area contributed by atoms with Crippen LogP contribution in [0.3, 0.4) is 0 Å². The molecule has 0 unspecified atom stereocenters. The second-order valence-corrected chi connectivity index (χ2v) is 6.49. The lowest BCUT2D eigenvalue weighted by atomic mass is 10.0. The van der Waals surface area contributed by atoms with Gasteiger partial charge in [0.2, 0.25) is 0 Å². The predicted octanol–water partition coefficient (Wildman–Crippen LogP) is 3.97. The van der Waals surface area contributed by atoms with Crippen LogP contribution in [-0.4, -0.2) is 37.7 Å². The third-order valence-electron chi connectivity index (χ3n) is 4.82. The first-order valence-corrected chi connectivity index (χ1v) is 8.98. The SMILES string of the molecule is COc1ccc(OC)c([C@H]2CCCN2C(=O)[C@@H](C)Oc2ccccc2F)c1. The molecule has 1 amide bonds. The average molecular weight is 373 g/mol. The molecule has 0 aromatic heterocycles. The first-order chi connectivity index (χ1) is 13.0. The van der Waals surface area contributed by atoms with E-state index in [9.17, 15) is 9.18 Å². The van der Waals surface area contributed by atoms with E-state index in [1.807, 2.05) is 18.2 Å². The van der Waals surface area contributed by atoms with Gasteiger partial charge in [0.1, 0.15) is 11.5 Å². The Balaban J connectivity index is 1.81. The van der Waals surface area contributed by atoms with Crippen LogP contribution in [0.25, 0.3) is 0 Å². The van der Waals surface area contributed by atoms with Gasteiger partial charge < -0.3 is 19.1 Å². The molecular weight excluding hydrogens is 349 g/mol. The van der Waals surface area contributed by atoms with E-state index in [2.05, 4.69) is 0 Å². The highest BCUT2D eigenvalue weighted by atomic mass is 19.1. The number of para-hydroxylation sites is 1. The molecule has 2 aromatic rings. The number of likely N-dealkylation sites (tertiary alicyclic amines) is 1. The highest BCUT2D eigenvalue weighted by Crippen LogP contribution is 2.39. The number of halogens is 1. The van der Waals surface area contributed by atoms with Gasteiger partial charge in [-0.2, -0.15) is 0 Å². The Morgan fingerprint density at radius 2 is 1.93 bits per heavy atom. The van der Waals surface area contributed by atoms with Crippen LogP contribution < -0.4 is 14.2 Å². The number of carbonyl (C=O) groups excluding carboxylic acids is 1. The van der Waals surface area contributed by atoms with E-state index in [0.717, 1.165) is 18.4 Å². The van der Waals surface area contributed by atoms with Gasteiger partial charge in [-0.3, -0.25) is 4.79 Å². The summed E-state index contributed by atoms with van der Waals surface area (Å²) in [7, 11) is 3.21. The smallest absolute Gasteiger partial charge is 0.263 e. The van der Waals surface area contributed by atoms with Gasteiger partial charge in [-0.1, -0.05) is 12.1 Å². The summed E-state index contributed by atoms with van der Waals surface area (Å²) in [5.41, 5.74) is 0.904. The maximum absolute atomic E-state index is 13.8. The van der Waals surface area contributed by atoms with Gasteiger partial charge in [0.15, 0.2) is 17.7 Å². The van der Waals surface area contributed by atoms with Crippen LogP contribution in [0.1, 0.15) is 31.4 Å². The highest BCUT2D eigenvalue weighted by Gasteiger charge is 2.35. The van der Waals surface area contributed by atoms with Crippen molar-refractivity contribution in [3.63, 3.8) is 0 Å². The number of hydrogen-bond acceptors (Lipinski definition) is 4. The summed E-state index contributed by atoms with van der Waals surface area (Å²) in [4.78, 5) is 14.8. The monoisotopic (exact) mass is 373 g/mol. The number of methoxy groups -OCH3 is 2. The molecule has 0 bridgehead atoms. The molecule has 1 saturated heterocycles. The van der Waals surface area contributed by atoms with E-state index in [0.29, 0.717) is 18.0 Å². The lowest BCUT2D eigenvalue weighted by Gasteiger charge is -2.29. The van der Waals surface area contributed by atoms with Gasteiger partial charge in [-0.15, -0.1) is 0 Å². The third-order valence-corrected chi connectivity index (χ3v) is 4.82. The zero-order valence-electron chi connectivity index (χ0n) is 15.8. The van der Waals surface area contributed by atoms with Gasteiger partial charge >= 0.3 is 0 Å². The molecule has 1 aliphatic heterocycles. The molecule has 144 valence electrons. The summed E-state index contributed by atoms with van der Waals surface area (Å²) in [5, 5.41) is 0. The Morgan fingerprint density at radius 1 is 1.15 bits per heavy atom. The van der Waals surface area contributed by atoms with Gasteiger partial charge in [0.25, 0.3) is 5.91 Å². The van der Waals surface area contributed by atoms with E-state index in [4.69, 9.17) is 14.2 Å². The maximum atomic E-state index is 13.8. The molecule has 5 nitrogen and oxygen atoms in total. The predicted molar refractivity (Wildman–Crippen MR) is 99.7 cm³/mol. The fourth-order valence-electron chi connectivity index (χ4n) is 3.47. The second kappa shape index (κ2) is 8.29. The van der Waals surface area contributed by atoms with Gasteiger partial charge in [-0.25, -0.2) is 4.39 Å². The first-order valence-electron chi connectivity index (χ1n) is 8.98.